The largest absolute Gasteiger partial charge is 0.474 e. The van der Waals surface area contributed by atoms with E-state index in [9.17, 15) is 4.39 Å². The molecule has 1 aliphatic rings. The lowest BCUT2D eigenvalue weighted by Gasteiger charge is -2.34. The second-order valence-corrected chi connectivity index (χ2v) is 10.5. The molecule has 10 heteroatoms. The van der Waals surface area contributed by atoms with Crippen LogP contribution in [0.2, 0.25) is 5.02 Å². The molecule has 0 saturated carbocycles. The fourth-order valence-electron chi connectivity index (χ4n) is 4.27. The average molecular weight is 527 g/mol. The van der Waals surface area contributed by atoms with Crippen LogP contribution in [0.5, 0.6) is 5.88 Å². The Bertz CT molecular complexity index is 1350. The topological polar surface area (TPSA) is 79.0 Å². The van der Waals surface area contributed by atoms with E-state index in [4.69, 9.17) is 21.3 Å². The minimum Gasteiger partial charge on any atom is -0.474 e. The number of nitrogens with zero attached hydrogens (tertiary/aromatic N) is 4. The summed E-state index contributed by atoms with van der Waals surface area (Å²) in [5, 5.41) is 8.68. The van der Waals surface area contributed by atoms with Crippen LogP contribution in [-0.4, -0.2) is 50.3 Å². The molecule has 1 fully saturated rings. The summed E-state index contributed by atoms with van der Waals surface area (Å²) in [4.78, 5) is 12.4. The Morgan fingerprint density at radius 2 is 1.89 bits per heavy atom. The van der Waals surface area contributed by atoms with Crippen molar-refractivity contribution in [1.82, 2.24) is 25.1 Å². The number of aromatic amines is 1. The van der Waals surface area contributed by atoms with E-state index in [2.05, 4.69) is 38.7 Å². The van der Waals surface area contributed by atoms with Crippen LogP contribution in [-0.2, 0) is 0 Å². The Morgan fingerprint density at radius 1 is 1.14 bits per heavy atom. The molecule has 5 rings (SSSR count). The van der Waals surface area contributed by atoms with Gasteiger partial charge in [0.25, 0.3) is 0 Å². The predicted octanol–water partition coefficient (Wildman–Crippen LogP) is 6.49. The van der Waals surface area contributed by atoms with Gasteiger partial charge in [-0.05, 0) is 88.0 Å². The molecule has 188 valence electrons. The average Bonchev–Trinajstić information content (AvgIpc) is 3.26. The number of nitrogens with one attached hydrogen (secondary N) is 2. The van der Waals surface area contributed by atoms with E-state index in [0.29, 0.717) is 33.3 Å². The van der Waals surface area contributed by atoms with Crippen molar-refractivity contribution in [3.05, 3.63) is 59.0 Å². The molecular formula is C26H28ClFN6OS. The van der Waals surface area contributed by atoms with Crippen LogP contribution in [0.3, 0.4) is 0 Å². The maximum Gasteiger partial charge on any atom is 0.228 e. The van der Waals surface area contributed by atoms with E-state index in [1.54, 1.807) is 6.07 Å². The zero-order valence-corrected chi connectivity index (χ0v) is 22.0. The second-order valence-electron chi connectivity index (χ2n) is 9.20. The number of anilines is 1. The molecule has 3 heterocycles. The van der Waals surface area contributed by atoms with E-state index < -0.39 is 0 Å². The van der Waals surface area contributed by atoms with Crippen molar-refractivity contribution in [3.8, 4) is 17.3 Å². The number of fused-ring (bicyclic) bond motifs is 1. The summed E-state index contributed by atoms with van der Waals surface area (Å²) in [6.45, 7) is 8.43. The van der Waals surface area contributed by atoms with Gasteiger partial charge in [-0.2, -0.15) is 10.1 Å². The number of H-pyrrole nitrogens is 1. The van der Waals surface area contributed by atoms with Crippen molar-refractivity contribution in [3.63, 3.8) is 0 Å². The number of likely N-dealkylation sites (tertiary alicyclic amines) is 1. The minimum absolute atomic E-state index is 0.107. The number of aromatic nitrogens is 4. The highest BCUT2D eigenvalue weighted by molar-refractivity contribution is 8.00. The van der Waals surface area contributed by atoms with E-state index in [-0.39, 0.29) is 11.9 Å². The summed E-state index contributed by atoms with van der Waals surface area (Å²) in [6, 6.07) is 12.6. The van der Waals surface area contributed by atoms with Crippen molar-refractivity contribution < 1.29 is 9.13 Å². The molecule has 4 aromatic rings. The standard InChI is InChI=1S/C26H28ClFN6OS/c1-15(2)34-12-10-20(11-13-34)35-26-23-16(3)31-32-25(23)29-24(30-26)17-4-7-19(8-5-17)33-36-22-14-18(27)6-9-21(22)28/h4-9,14-15,20,33H,10-13H2,1-3H3,(H,29,30,31,32). The SMILES string of the molecule is Cc1[nH]nc2nc(-c3ccc(NSc4cc(Cl)ccc4F)cc3)nc(OC3CCN(C(C)C)CC3)c12. The zero-order valence-electron chi connectivity index (χ0n) is 20.4. The van der Waals surface area contributed by atoms with E-state index in [1.165, 1.54) is 24.1 Å². The number of halogens is 2. The van der Waals surface area contributed by atoms with Crippen molar-refractivity contribution in [2.45, 2.75) is 50.7 Å². The number of aryl methyl sites for hydroxylation is 1. The van der Waals surface area contributed by atoms with Crippen LogP contribution in [0.25, 0.3) is 22.4 Å². The molecule has 0 amide bonds. The van der Waals surface area contributed by atoms with Gasteiger partial charge in [0.05, 0.1) is 4.90 Å². The lowest BCUT2D eigenvalue weighted by molar-refractivity contribution is 0.0824. The van der Waals surface area contributed by atoms with Crippen molar-refractivity contribution in [2.24, 2.45) is 0 Å². The Kier molecular flexibility index (Phi) is 7.32. The number of benzene rings is 2. The van der Waals surface area contributed by atoms with E-state index in [0.717, 1.165) is 48.3 Å². The Hall–Kier alpha value is -2.88. The molecule has 1 saturated heterocycles. The van der Waals surface area contributed by atoms with Crippen molar-refractivity contribution in [2.75, 3.05) is 17.8 Å². The molecule has 0 bridgehead atoms. The Balaban J connectivity index is 1.34. The number of hydrogen-bond donors (Lipinski definition) is 2. The van der Waals surface area contributed by atoms with Gasteiger partial charge in [0.1, 0.15) is 17.3 Å². The normalized spacial score (nSPS) is 15.1. The molecule has 0 atom stereocenters. The summed E-state index contributed by atoms with van der Waals surface area (Å²) in [6.07, 6.45) is 2.03. The Labute approximate surface area is 218 Å². The van der Waals surface area contributed by atoms with Gasteiger partial charge in [-0.3, -0.25) is 5.10 Å². The van der Waals surface area contributed by atoms with Crippen LogP contribution >= 0.6 is 23.5 Å². The van der Waals surface area contributed by atoms with Crippen LogP contribution < -0.4 is 9.46 Å². The van der Waals surface area contributed by atoms with Crippen LogP contribution in [0.1, 0.15) is 32.4 Å². The lowest BCUT2D eigenvalue weighted by atomic mass is 10.1. The molecule has 1 aliphatic heterocycles. The van der Waals surface area contributed by atoms with Crippen molar-refractivity contribution in [1.29, 1.82) is 0 Å². The van der Waals surface area contributed by atoms with Gasteiger partial charge in [0.2, 0.25) is 5.88 Å². The third kappa shape index (κ3) is 5.43. The molecule has 0 spiro atoms. The molecule has 0 aliphatic carbocycles. The quantitative estimate of drug-likeness (QED) is 0.266. The predicted molar refractivity (Wildman–Crippen MR) is 143 cm³/mol. The molecule has 7 nitrogen and oxygen atoms in total. The number of hydrogen-bond acceptors (Lipinski definition) is 7. The first-order valence-corrected chi connectivity index (χ1v) is 13.2. The fourth-order valence-corrected chi connectivity index (χ4v) is 5.22. The highest BCUT2D eigenvalue weighted by Gasteiger charge is 2.24. The Morgan fingerprint density at radius 3 is 2.61 bits per heavy atom. The highest BCUT2D eigenvalue weighted by Crippen LogP contribution is 2.31. The van der Waals surface area contributed by atoms with E-state index >= 15 is 0 Å². The molecular weight excluding hydrogens is 499 g/mol. The maximum absolute atomic E-state index is 14.0. The smallest absolute Gasteiger partial charge is 0.228 e. The summed E-state index contributed by atoms with van der Waals surface area (Å²) >= 11 is 7.15. The monoisotopic (exact) mass is 526 g/mol. The van der Waals surface area contributed by atoms with Crippen molar-refractivity contribution >= 4 is 40.3 Å². The van der Waals surface area contributed by atoms with Gasteiger partial charge in [0.15, 0.2) is 11.5 Å². The third-order valence-electron chi connectivity index (χ3n) is 6.36. The first kappa shape index (κ1) is 24.8. The summed E-state index contributed by atoms with van der Waals surface area (Å²) < 4.78 is 23.6. The first-order chi connectivity index (χ1) is 17.4. The number of ether oxygens (including phenoxy) is 1. The maximum atomic E-state index is 14.0. The lowest BCUT2D eigenvalue weighted by Crippen LogP contribution is -2.41. The first-order valence-electron chi connectivity index (χ1n) is 12.0. The van der Waals surface area contributed by atoms with E-state index in [1.807, 2.05) is 31.2 Å². The summed E-state index contributed by atoms with van der Waals surface area (Å²) in [5.41, 5.74) is 3.12. The molecule has 36 heavy (non-hydrogen) atoms. The van der Waals surface area contributed by atoms with Gasteiger partial charge < -0.3 is 14.4 Å². The number of rotatable bonds is 7. The van der Waals surface area contributed by atoms with Crippen LogP contribution in [0.4, 0.5) is 10.1 Å². The van der Waals surface area contributed by atoms with Gasteiger partial charge in [0, 0.05) is 41.1 Å². The highest BCUT2D eigenvalue weighted by atomic mass is 35.5. The zero-order chi connectivity index (χ0) is 25.2. The van der Waals surface area contributed by atoms with Gasteiger partial charge >= 0.3 is 0 Å². The third-order valence-corrected chi connectivity index (χ3v) is 7.47. The van der Waals surface area contributed by atoms with Crippen LogP contribution in [0.15, 0.2) is 47.4 Å². The molecule has 2 aromatic carbocycles. The molecule has 0 radical (unpaired) electrons. The summed E-state index contributed by atoms with van der Waals surface area (Å²) in [5.74, 6) is 0.786. The number of piperidine rings is 1. The molecule has 2 aromatic heterocycles. The molecule has 2 N–H and O–H groups in total. The minimum atomic E-state index is -0.327. The second kappa shape index (κ2) is 10.6. The van der Waals surface area contributed by atoms with Gasteiger partial charge in [-0.15, -0.1) is 0 Å². The van der Waals surface area contributed by atoms with Gasteiger partial charge in [-0.25, -0.2) is 9.37 Å². The summed E-state index contributed by atoms with van der Waals surface area (Å²) in [7, 11) is 0. The fraction of sp³-hybridized carbons (Fsp3) is 0.346. The molecule has 0 unspecified atom stereocenters. The van der Waals surface area contributed by atoms with Gasteiger partial charge in [-0.1, -0.05) is 11.6 Å². The van der Waals surface area contributed by atoms with Crippen LogP contribution in [0, 0.1) is 12.7 Å².